The normalized spacial score (nSPS) is 14.3. The summed E-state index contributed by atoms with van der Waals surface area (Å²) in [7, 11) is 3.15. The first-order valence-corrected chi connectivity index (χ1v) is 16.1. The number of rotatable bonds is 10. The van der Waals surface area contributed by atoms with E-state index in [4.69, 9.17) is 35.5 Å². The van der Waals surface area contributed by atoms with E-state index in [1.807, 2.05) is 72.8 Å². The molecule has 0 spiro atoms. The number of halogens is 1. The molecule has 0 fully saturated rings. The highest BCUT2D eigenvalue weighted by Crippen LogP contribution is 2.36. The molecule has 4 aromatic carbocycles. The van der Waals surface area contributed by atoms with Gasteiger partial charge >= 0.3 is 5.97 Å². The van der Waals surface area contributed by atoms with Crippen LogP contribution in [0.1, 0.15) is 35.2 Å². The fourth-order valence-electron chi connectivity index (χ4n) is 5.36. The molecule has 2 heterocycles. The molecule has 0 bridgehead atoms. The minimum Gasteiger partial charge on any atom is -0.497 e. The Kier molecular flexibility index (Phi) is 9.56. The van der Waals surface area contributed by atoms with Gasteiger partial charge in [0.2, 0.25) is 0 Å². The molecule has 1 aliphatic rings. The first-order valence-electron chi connectivity index (χ1n) is 14.9. The standard InChI is InChI=1S/C37H31ClN2O6S/c1-4-45-36(42)32-33(24-10-6-5-7-11-24)39-37-40(34(32)25-15-17-27(43-2)18-16-25)35(41)31(47-37)21-23-14-19-29(30(20-23)44-3)46-22-26-12-8-9-13-28(26)38/h5-21,34H,4,22H2,1-3H3/b31-21-/t34-/m1/s1. The van der Waals surface area contributed by atoms with Crippen molar-refractivity contribution in [3.8, 4) is 17.2 Å². The summed E-state index contributed by atoms with van der Waals surface area (Å²) < 4.78 is 24.6. The van der Waals surface area contributed by atoms with E-state index < -0.39 is 12.0 Å². The number of hydrogen-bond donors (Lipinski definition) is 0. The summed E-state index contributed by atoms with van der Waals surface area (Å²) in [6, 6.07) is 28.9. The van der Waals surface area contributed by atoms with Crippen LogP contribution in [0.3, 0.4) is 0 Å². The molecule has 0 aliphatic carbocycles. The Labute approximate surface area is 280 Å². The third-order valence-electron chi connectivity index (χ3n) is 7.63. The SMILES string of the molecule is CCOC(=O)C1=C(c2ccccc2)N=c2s/c(=C\c3ccc(OCc4ccccc4Cl)c(OC)c3)c(=O)n2[C@@H]1c1ccc(OC)cc1. The van der Waals surface area contributed by atoms with Crippen LogP contribution in [-0.4, -0.2) is 31.4 Å². The van der Waals surface area contributed by atoms with Crippen molar-refractivity contribution in [3.63, 3.8) is 0 Å². The average Bonchev–Trinajstić information content (AvgIpc) is 3.41. The van der Waals surface area contributed by atoms with Gasteiger partial charge in [0, 0.05) is 16.1 Å². The van der Waals surface area contributed by atoms with Gasteiger partial charge in [0.05, 0.1) is 42.7 Å². The third kappa shape index (κ3) is 6.58. The van der Waals surface area contributed by atoms with E-state index >= 15 is 0 Å². The minimum atomic E-state index is -0.788. The van der Waals surface area contributed by atoms with Crippen LogP contribution in [0.4, 0.5) is 0 Å². The largest absolute Gasteiger partial charge is 0.497 e. The van der Waals surface area contributed by atoms with Gasteiger partial charge < -0.3 is 18.9 Å². The van der Waals surface area contributed by atoms with Crippen molar-refractivity contribution >= 4 is 40.7 Å². The lowest BCUT2D eigenvalue weighted by atomic mass is 9.93. The number of fused-ring (bicyclic) bond motifs is 1. The molecule has 0 amide bonds. The zero-order valence-electron chi connectivity index (χ0n) is 25.9. The molecule has 47 heavy (non-hydrogen) atoms. The van der Waals surface area contributed by atoms with E-state index in [0.717, 1.165) is 16.7 Å². The summed E-state index contributed by atoms with van der Waals surface area (Å²) in [4.78, 5) is 33.2. The summed E-state index contributed by atoms with van der Waals surface area (Å²) in [6.45, 7) is 2.19. The van der Waals surface area contributed by atoms with Crippen LogP contribution in [0.5, 0.6) is 17.2 Å². The molecule has 0 unspecified atom stereocenters. The number of carbonyl (C=O) groups excluding carboxylic acids is 1. The van der Waals surface area contributed by atoms with E-state index in [2.05, 4.69) is 0 Å². The number of nitrogens with zero attached hydrogens (tertiary/aromatic N) is 2. The Bertz CT molecular complexity index is 2140. The van der Waals surface area contributed by atoms with E-state index in [1.165, 1.54) is 11.3 Å². The lowest BCUT2D eigenvalue weighted by Gasteiger charge is -2.26. The Balaban J connectivity index is 1.47. The third-order valence-corrected chi connectivity index (χ3v) is 8.98. The van der Waals surface area contributed by atoms with Crippen LogP contribution in [0.15, 0.2) is 112 Å². The van der Waals surface area contributed by atoms with E-state index in [0.29, 0.717) is 42.9 Å². The van der Waals surface area contributed by atoms with E-state index in [9.17, 15) is 9.59 Å². The summed E-state index contributed by atoms with van der Waals surface area (Å²) >= 11 is 7.54. The van der Waals surface area contributed by atoms with Gasteiger partial charge in [-0.2, -0.15) is 0 Å². The Hall–Kier alpha value is -5.12. The highest BCUT2D eigenvalue weighted by atomic mass is 35.5. The topological polar surface area (TPSA) is 88.4 Å². The van der Waals surface area contributed by atoms with E-state index in [1.54, 1.807) is 56.1 Å². The molecule has 5 aromatic rings. The van der Waals surface area contributed by atoms with Gasteiger partial charge in [-0.05, 0) is 54.5 Å². The predicted octanol–water partition coefficient (Wildman–Crippen LogP) is 6.19. The smallest absolute Gasteiger partial charge is 0.338 e. The van der Waals surface area contributed by atoms with Crippen molar-refractivity contribution < 1.29 is 23.7 Å². The maximum Gasteiger partial charge on any atom is 0.338 e. The molecule has 238 valence electrons. The quantitative estimate of drug-likeness (QED) is 0.165. The van der Waals surface area contributed by atoms with Crippen molar-refractivity contribution in [1.29, 1.82) is 0 Å². The highest BCUT2D eigenvalue weighted by molar-refractivity contribution is 7.07. The van der Waals surface area contributed by atoms with Crippen LogP contribution in [0.2, 0.25) is 5.02 Å². The number of ether oxygens (including phenoxy) is 4. The molecule has 10 heteroatoms. The fraction of sp³-hybridized carbons (Fsp3) is 0.162. The molecule has 6 rings (SSSR count). The lowest BCUT2D eigenvalue weighted by molar-refractivity contribution is -0.138. The maximum absolute atomic E-state index is 14.2. The predicted molar refractivity (Wildman–Crippen MR) is 183 cm³/mol. The van der Waals surface area contributed by atoms with Crippen LogP contribution >= 0.6 is 22.9 Å². The van der Waals surface area contributed by atoms with Crippen LogP contribution in [-0.2, 0) is 16.1 Å². The molecular weight excluding hydrogens is 636 g/mol. The number of thiazole rings is 1. The van der Waals surface area contributed by atoms with Gasteiger partial charge in [-0.15, -0.1) is 0 Å². The number of hydrogen-bond acceptors (Lipinski definition) is 8. The Morgan fingerprint density at radius 3 is 2.38 bits per heavy atom. The van der Waals surface area contributed by atoms with Gasteiger partial charge in [-0.25, -0.2) is 9.79 Å². The van der Waals surface area contributed by atoms with E-state index in [-0.39, 0.29) is 24.3 Å². The molecule has 1 aromatic heterocycles. The Morgan fingerprint density at radius 2 is 1.68 bits per heavy atom. The van der Waals surface area contributed by atoms with Gasteiger partial charge in [0.25, 0.3) is 5.56 Å². The Morgan fingerprint density at radius 1 is 0.936 bits per heavy atom. The number of benzene rings is 4. The molecular formula is C37H31ClN2O6S. The van der Waals surface area contributed by atoms with Gasteiger partial charge in [0.1, 0.15) is 12.4 Å². The minimum absolute atomic E-state index is 0.171. The van der Waals surface area contributed by atoms with Gasteiger partial charge in [-0.3, -0.25) is 9.36 Å². The second kappa shape index (κ2) is 14.1. The van der Waals surface area contributed by atoms with Crippen LogP contribution < -0.4 is 29.1 Å². The zero-order chi connectivity index (χ0) is 32.9. The summed E-state index contributed by atoms with van der Waals surface area (Å²) in [6.07, 6.45) is 1.78. The monoisotopic (exact) mass is 666 g/mol. The van der Waals surface area contributed by atoms with Crippen molar-refractivity contribution in [2.75, 3.05) is 20.8 Å². The molecule has 0 radical (unpaired) electrons. The lowest BCUT2D eigenvalue weighted by Crippen LogP contribution is -2.40. The summed E-state index contributed by atoms with van der Waals surface area (Å²) in [5.74, 6) is 1.16. The zero-order valence-corrected chi connectivity index (χ0v) is 27.5. The molecule has 8 nitrogen and oxygen atoms in total. The van der Waals surface area contributed by atoms with Crippen molar-refractivity contribution in [2.24, 2.45) is 4.99 Å². The molecule has 0 saturated heterocycles. The number of carbonyl (C=O) groups is 1. The van der Waals surface area contributed by atoms with Crippen molar-refractivity contribution in [1.82, 2.24) is 4.57 Å². The fourth-order valence-corrected chi connectivity index (χ4v) is 6.55. The summed E-state index contributed by atoms with van der Waals surface area (Å²) in [5, 5.41) is 0.618. The van der Waals surface area contributed by atoms with Crippen molar-refractivity contribution in [2.45, 2.75) is 19.6 Å². The number of esters is 1. The van der Waals surface area contributed by atoms with Crippen LogP contribution in [0.25, 0.3) is 11.8 Å². The molecule has 0 N–H and O–H groups in total. The van der Waals surface area contributed by atoms with Gasteiger partial charge in [-0.1, -0.05) is 89.7 Å². The molecule has 0 saturated carbocycles. The van der Waals surface area contributed by atoms with Crippen LogP contribution in [0, 0.1) is 0 Å². The molecule has 1 atom stereocenters. The number of aromatic nitrogens is 1. The average molecular weight is 667 g/mol. The second-order valence-electron chi connectivity index (χ2n) is 10.5. The maximum atomic E-state index is 14.2. The summed E-state index contributed by atoms with van der Waals surface area (Å²) in [5.41, 5.74) is 3.48. The highest BCUT2D eigenvalue weighted by Gasteiger charge is 2.35. The van der Waals surface area contributed by atoms with Gasteiger partial charge in [0.15, 0.2) is 16.3 Å². The first kappa shape index (κ1) is 31.8. The molecule has 1 aliphatic heterocycles. The number of methoxy groups -OCH3 is 2. The second-order valence-corrected chi connectivity index (χ2v) is 11.9. The van der Waals surface area contributed by atoms with Crippen molar-refractivity contribution in [3.05, 3.63) is 150 Å². The first-order chi connectivity index (χ1) is 22.9.